The molecule has 1 heterocycles. The molecule has 1 N–H and O–H groups in total. The molecule has 1 aliphatic rings. The van der Waals surface area contributed by atoms with Crippen LogP contribution < -0.4 is 5.32 Å². The minimum atomic E-state index is 0.594. The Labute approximate surface area is 124 Å². The number of imidazole rings is 1. The molecule has 3 heteroatoms. The summed E-state index contributed by atoms with van der Waals surface area (Å²) < 4.78 is 2.30. The molecule has 1 aliphatic carbocycles. The quantitative estimate of drug-likeness (QED) is 0.805. The molecule has 0 bridgehead atoms. The van der Waals surface area contributed by atoms with Gasteiger partial charge >= 0.3 is 0 Å². The fourth-order valence-corrected chi connectivity index (χ4v) is 3.44. The molecule has 0 amide bonds. The lowest BCUT2D eigenvalue weighted by Crippen LogP contribution is -2.33. The highest BCUT2D eigenvalue weighted by atomic mass is 15.1. The van der Waals surface area contributed by atoms with Crippen LogP contribution in [0.1, 0.15) is 58.7 Å². The maximum absolute atomic E-state index is 4.58. The lowest BCUT2D eigenvalue weighted by Gasteiger charge is -2.26. The smallest absolute Gasteiger partial charge is 0.108 e. The summed E-state index contributed by atoms with van der Waals surface area (Å²) >= 11 is 0. The highest BCUT2D eigenvalue weighted by molar-refractivity contribution is 4.95. The van der Waals surface area contributed by atoms with Gasteiger partial charge in [0.05, 0.1) is 0 Å². The van der Waals surface area contributed by atoms with Crippen LogP contribution in [0.2, 0.25) is 0 Å². The summed E-state index contributed by atoms with van der Waals surface area (Å²) in [5, 5.41) is 3.65. The third kappa shape index (κ3) is 4.34. The van der Waals surface area contributed by atoms with Crippen LogP contribution in [-0.2, 0) is 13.0 Å². The van der Waals surface area contributed by atoms with Crippen molar-refractivity contribution in [2.45, 2.75) is 71.9 Å². The van der Waals surface area contributed by atoms with E-state index in [0.29, 0.717) is 6.04 Å². The number of aromatic nitrogens is 2. The van der Waals surface area contributed by atoms with E-state index in [-0.39, 0.29) is 0 Å². The molecule has 2 atom stereocenters. The highest BCUT2D eigenvalue weighted by Gasteiger charge is 2.25. The van der Waals surface area contributed by atoms with Gasteiger partial charge in [-0.1, -0.05) is 33.1 Å². The van der Waals surface area contributed by atoms with Crippen LogP contribution in [0.25, 0.3) is 0 Å². The van der Waals surface area contributed by atoms with Gasteiger partial charge in [-0.3, -0.25) is 0 Å². The first-order valence-corrected chi connectivity index (χ1v) is 8.44. The van der Waals surface area contributed by atoms with Crippen LogP contribution in [-0.4, -0.2) is 22.1 Å². The van der Waals surface area contributed by atoms with Crippen LogP contribution in [0.5, 0.6) is 0 Å². The Hall–Kier alpha value is -0.830. The standard InChI is InChI=1S/C17H31N3/c1-4-20-11-10-18-17(20)12-15-8-6-5-7-9-16(15)13-19-14(2)3/h10-11,14-16,19H,4-9,12-13H2,1-3H3. The van der Waals surface area contributed by atoms with Crippen molar-refractivity contribution in [2.24, 2.45) is 11.8 Å². The molecule has 1 aromatic heterocycles. The van der Waals surface area contributed by atoms with Gasteiger partial charge in [0.2, 0.25) is 0 Å². The Kier molecular flexibility index (Phi) is 6.08. The molecule has 1 fully saturated rings. The lowest BCUT2D eigenvalue weighted by atomic mass is 9.85. The number of hydrogen-bond donors (Lipinski definition) is 1. The van der Waals surface area contributed by atoms with Crippen molar-refractivity contribution in [2.75, 3.05) is 6.54 Å². The summed E-state index contributed by atoms with van der Waals surface area (Å²) in [6.07, 6.45) is 12.2. The minimum absolute atomic E-state index is 0.594. The summed E-state index contributed by atoms with van der Waals surface area (Å²) in [4.78, 5) is 4.58. The fraction of sp³-hybridized carbons (Fsp3) is 0.824. The number of nitrogens with one attached hydrogen (secondary N) is 1. The molecule has 0 aliphatic heterocycles. The molecular weight excluding hydrogens is 246 g/mol. The second-order valence-corrected chi connectivity index (χ2v) is 6.55. The first-order valence-electron chi connectivity index (χ1n) is 8.44. The van der Waals surface area contributed by atoms with Crippen LogP contribution in [0.15, 0.2) is 12.4 Å². The van der Waals surface area contributed by atoms with E-state index in [1.165, 1.54) is 44.5 Å². The normalized spacial score (nSPS) is 24.0. The second kappa shape index (κ2) is 7.82. The van der Waals surface area contributed by atoms with Crippen molar-refractivity contribution in [1.82, 2.24) is 14.9 Å². The zero-order valence-electron chi connectivity index (χ0n) is 13.4. The summed E-state index contributed by atoms with van der Waals surface area (Å²) in [5.74, 6) is 2.91. The average molecular weight is 277 g/mol. The van der Waals surface area contributed by atoms with Crippen molar-refractivity contribution < 1.29 is 0 Å². The van der Waals surface area contributed by atoms with Crippen LogP contribution in [0, 0.1) is 11.8 Å². The van der Waals surface area contributed by atoms with Crippen LogP contribution in [0.4, 0.5) is 0 Å². The Bertz CT molecular complexity index is 383. The van der Waals surface area contributed by atoms with Gasteiger partial charge in [-0.2, -0.15) is 0 Å². The lowest BCUT2D eigenvalue weighted by molar-refractivity contribution is 0.285. The molecule has 0 saturated heterocycles. The Morgan fingerprint density at radius 2 is 2.00 bits per heavy atom. The van der Waals surface area contributed by atoms with Gasteiger partial charge in [0, 0.05) is 31.4 Å². The minimum Gasteiger partial charge on any atom is -0.335 e. The van der Waals surface area contributed by atoms with E-state index < -0.39 is 0 Å². The predicted octanol–water partition coefficient (Wildman–Crippen LogP) is 3.64. The largest absolute Gasteiger partial charge is 0.335 e. The maximum Gasteiger partial charge on any atom is 0.108 e. The monoisotopic (exact) mass is 277 g/mol. The van der Waals surface area contributed by atoms with Crippen LogP contribution in [0.3, 0.4) is 0 Å². The molecule has 0 radical (unpaired) electrons. The van der Waals surface area contributed by atoms with E-state index in [2.05, 4.69) is 41.8 Å². The Balaban J connectivity index is 2.00. The van der Waals surface area contributed by atoms with Gasteiger partial charge in [0.1, 0.15) is 5.82 Å². The SMILES string of the molecule is CCn1ccnc1CC1CCCCCC1CNC(C)C. The fourth-order valence-electron chi connectivity index (χ4n) is 3.44. The highest BCUT2D eigenvalue weighted by Crippen LogP contribution is 2.31. The van der Waals surface area contributed by atoms with Gasteiger partial charge in [0.15, 0.2) is 0 Å². The van der Waals surface area contributed by atoms with Crippen molar-refractivity contribution in [1.29, 1.82) is 0 Å². The second-order valence-electron chi connectivity index (χ2n) is 6.55. The molecular formula is C17H31N3. The molecule has 20 heavy (non-hydrogen) atoms. The van der Waals surface area contributed by atoms with Gasteiger partial charge in [-0.05, 0) is 38.1 Å². The number of nitrogens with zero attached hydrogens (tertiary/aromatic N) is 2. The van der Waals surface area contributed by atoms with E-state index in [1.807, 2.05) is 6.20 Å². The molecule has 0 aromatic carbocycles. The zero-order chi connectivity index (χ0) is 14.4. The number of aryl methyl sites for hydroxylation is 1. The van der Waals surface area contributed by atoms with E-state index >= 15 is 0 Å². The van der Waals surface area contributed by atoms with E-state index in [4.69, 9.17) is 0 Å². The van der Waals surface area contributed by atoms with E-state index in [9.17, 15) is 0 Å². The average Bonchev–Trinajstić information content (AvgIpc) is 2.75. The molecule has 1 saturated carbocycles. The Morgan fingerprint density at radius 1 is 1.25 bits per heavy atom. The van der Waals surface area contributed by atoms with E-state index in [1.54, 1.807) is 0 Å². The van der Waals surface area contributed by atoms with Crippen molar-refractivity contribution in [3.63, 3.8) is 0 Å². The summed E-state index contributed by atoms with van der Waals surface area (Å²) in [7, 11) is 0. The van der Waals surface area contributed by atoms with Gasteiger partial charge in [-0.15, -0.1) is 0 Å². The Morgan fingerprint density at radius 3 is 2.70 bits per heavy atom. The molecule has 2 rings (SSSR count). The third-order valence-electron chi connectivity index (χ3n) is 4.69. The molecule has 2 unspecified atom stereocenters. The topological polar surface area (TPSA) is 29.9 Å². The predicted molar refractivity (Wildman–Crippen MR) is 84.8 cm³/mol. The van der Waals surface area contributed by atoms with Gasteiger partial charge in [0.25, 0.3) is 0 Å². The number of rotatable bonds is 6. The van der Waals surface area contributed by atoms with E-state index in [0.717, 1.165) is 24.8 Å². The zero-order valence-corrected chi connectivity index (χ0v) is 13.4. The van der Waals surface area contributed by atoms with Gasteiger partial charge < -0.3 is 9.88 Å². The first-order chi connectivity index (χ1) is 9.70. The first kappa shape index (κ1) is 15.6. The molecule has 1 aromatic rings. The summed E-state index contributed by atoms with van der Waals surface area (Å²) in [6.45, 7) is 8.91. The molecule has 0 spiro atoms. The summed E-state index contributed by atoms with van der Waals surface area (Å²) in [5.41, 5.74) is 0. The third-order valence-corrected chi connectivity index (χ3v) is 4.69. The van der Waals surface area contributed by atoms with Crippen LogP contribution >= 0.6 is 0 Å². The van der Waals surface area contributed by atoms with Gasteiger partial charge in [-0.25, -0.2) is 4.98 Å². The number of hydrogen-bond acceptors (Lipinski definition) is 2. The van der Waals surface area contributed by atoms with Crippen molar-refractivity contribution in [3.05, 3.63) is 18.2 Å². The van der Waals surface area contributed by atoms with Crippen molar-refractivity contribution in [3.8, 4) is 0 Å². The molecule has 3 nitrogen and oxygen atoms in total. The molecule has 114 valence electrons. The maximum atomic E-state index is 4.58. The van der Waals surface area contributed by atoms with Crippen molar-refractivity contribution >= 4 is 0 Å². The summed E-state index contributed by atoms with van der Waals surface area (Å²) in [6, 6.07) is 0.594.